The Morgan fingerprint density at radius 1 is 0.696 bits per heavy atom. The van der Waals surface area contributed by atoms with Crippen LogP contribution in [0.4, 0.5) is 0 Å². The Labute approximate surface area is 144 Å². The second-order valence-corrected chi connectivity index (χ2v) is 21.6. The Morgan fingerprint density at radius 3 is 1.52 bits per heavy atom. The van der Waals surface area contributed by atoms with Crippen LogP contribution in [0.25, 0.3) is 5.20 Å². The fourth-order valence-corrected chi connectivity index (χ4v) is 24.0. The van der Waals surface area contributed by atoms with E-state index in [4.69, 9.17) is 16.5 Å². The molecule has 8 heteroatoms. The second-order valence-electron chi connectivity index (χ2n) is 7.40. The van der Waals surface area contributed by atoms with Gasteiger partial charge in [0.25, 0.3) is 0 Å². The first kappa shape index (κ1) is 19.0. The van der Waals surface area contributed by atoms with Gasteiger partial charge in [0.1, 0.15) is 0 Å². The lowest BCUT2D eigenvalue weighted by Crippen LogP contribution is -2.65. The monoisotopic (exact) mass is 384 g/mol. The molecule has 1 heterocycles. The van der Waals surface area contributed by atoms with Crippen LogP contribution in [0, 0.1) is 0 Å². The van der Waals surface area contributed by atoms with Crippen LogP contribution in [-0.2, 0) is 16.5 Å². The van der Waals surface area contributed by atoms with Crippen LogP contribution in [0.3, 0.4) is 0 Å². The van der Waals surface area contributed by atoms with E-state index in [1.807, 2.05) is 18.2 Å². The number of hydrogen-bond donors (Lipinski definition) is 0. The molecule has 0 aliphatic carbocycles. The van der Waals surface area contributed by atoms with E-state index in [0.29, 0.717) is 0 Å². The molecule has 4 nitrogen and oxygen atoms in total. The summed E-state index contributed by atoms with van der Waals surface area (Å²) in [5, 5.41) is 0.938. The zero-order valence-corrected chi connectivity index (χ0v) is 19.2. The maximum Gasteiger partial charge on any atom is 0.351 e. The first-order valence-electron chi connectivity index (χ1n) is 7.90. The van der Waals surface area contributed by atoms with Gasteiger partial charge in [-0.1, -0.05) is 36.9 Å². The molecule has 1 aliphatic rings. The predicted molar refractivity (Wildman–Crippen MR) is 104 cm³/mol. The molecule has 128 valence electrons. The maximum atomic E-state index is 6.58. The van der Waals surface area contributed by atoms with Crippen molar-refractivity contribution >= 4 is 39.4 Å². The Bertz CT molecular complexity index is 564. The van der Waals surface area contributed by atoms with Gasteiger partial charge in [0.05, 0.1) is 0 Å². The van der Waals surface area contributed by atoms with Crippen molar-refractivity contribution < 1.29 is 16.5 Å². The van der Waals surface area contributed by atoms with Crippen molar-refractivity contribution in [2.24, 2.45) is 0 Å². The molecule has 0 aromatic heterocycles. The Hall–Kier alpha value is -0.332. The van der Waals surface area contributed by atoms with Crippen LogP contribution < -0.4 is 0 Å². The van der Waals surface area contributed by atoms with Crippen LogP contribution >= 0.6 is 0 Å². The summed E-state index contributed by atoms with van der Waals surface area (Å²) in [4.78, 5) is 0. The minimum atomic E-state index is -2.70. The average Bonchev–Trinajstić information content (AvgIpc) is 2.32. The molecule has 1 aromatic carbocycles. The highest BCUT2D eigenvalue weighted by Gasteiger charge is 2.53. The highest BCUT2D eigenvalue weighted by atomic mass is 28.5. The van der Waals surface area contributed by atoms with Crippen molar-refractivity contribution in [1.82, 2.24) is 0 Å². The predicted octanol–water partition coefficient (Wildman–Crippen LogP) is 4.50. The van der Waals surface area contributed by atoms with Crippen molar-refractivity contribution in [3.63, 3.8) is 0 Å². The molecule has 0 amide bonds. The van der Waals surface area contributed by atoms with Gasteiger partial charge < -0.3 is 16.5 Å². The quantitative estimate of drug-likeness (QED) is 0.704. The van der Waals surface area contributed by atoms with Gasteiger partial charge in [-0.15, -0.1) is 0 Å². The SMILES string of the molecule is C=C(c1ccccc1)[Si]1(C)O[Si](C)(C)O[Si](C)(C)O[Si](C)(C)O1. The van der Waals surface area contributed by atoms with Gasteiger partial charge in [-0.25, -0.2) is 0 Å². The van der Waals surface area contributed by atoms with E-state index < -0.39 is 34.2 Å². The van der Waals surface area contributed by atoms with E-state index in [1.165, 1.54) is 0 Å². The summed E-state index contributed by atoms with van der Waals surface area (Å²) in [5.41, 5.74) is 1.06. The van der Waals surface area contributed by atoms with Gasteiger partial charge in [0.15, 0.2) is 0 Å². The largest absolute Gasteiger partial charge is 0.416 e. The number of hydrogen-bond acceptors (Lipinski definition) is 4. The van der Waals surface area contributed by atoms with Crippen molar-refractivity contribution in [2.45, 2.75) is 45.8 Å². The van der Waals surface area contributed by atoms with Crippen LogP contribution in [0.1, 0.15) is 5.56 Å². The topological polar surface area (TPSA) is 36.9 Å². The van der Waals surface area contributed by atoms with E-state index in [2.05, 4.69) is 64.5 Å². The Morgan fingerprint density at radius 2 is 1.09 bits per heavy atom. The van der Waals surface area contributed by atoms with Gasteiger partial charge in [0.2, 0.25) is 0 Å². The molecule has 1 fully saturated rings. The minimum Gasteiger partial charge on any atom is -0.416 e. The van der Waals surface area contributed by atoms with E-state index in [9.17, 15) is 0 Å². The third-order valence-corrected chi connectivity index (χ3v) is 19.8. The minimum absolute atomic E-state index is 0.938. The molecule has 0 radical (unpaired) electrons. The molecule has 23 heavy (non-hydrogen) atoms. The van der Waals surface area contributed by atoms with Crippen LogP contribution in [0.5, 0.6) is 0 Å². The summed E-state index contributed by atoms with van der Waals surface area (Å²) in [7, 11) is -9.68. The first-order valence-corrected chi connectivity index (χ1v) is 18.7. The molecule has 0 atom stereocenters. The van der Waals surface area contributed by atoms with Crippen molar-refractivity contribution in [3.8, 4) is 0 Å². The molecule has 2 rings (SSSR count). The van der Waals surface area contributed by atoms with Crippen LogP contribution in [0.15, 0.2) is 36.9 Å². The Balaban J connectivity index is 2.41. The summed E-state index contributed by atoms with van der Waals surface area (Å²) in [5.74, 6) is 0. The molecule has 0 N–H and O–H groups in total. The lowest BCUT2D eigenvalue weighted by atomic mass is 10.2. The summed E-state index contributed by atoms with van der Waals surface area (Å²) >= 11 is 0. The molecule has 1 aromatic rings. The zero-order chi connectivity index (χ0) is 17.5. The van der Waals surface area contributed by atoms with Crippen LogP contribution in [-0.4, -0.2) is 34.2 Å². The fraction of sp³-hybridized carbons (Fsp3) is 0.467. The highest BCUT2D eigenvalue weighted by molar-refractivity contribution is 6.99. The molecule has 0 unspecified atom stereocenters. The third kappa shape index (κ3) is 4.83. The standard InChI is InChI=1S/C15H28O4Si4/c1-14(15-12-10-9-11-13-15)23(8)18-21(4,5)16-20(2,3)17-22(6,7)19-23/h9-13H,1H2,2-8H3. The van der Waals surface area contributed by atoms with Crippen molar-refractivity contribution in [1.29, 1.82) is 0 Å². The summed E-state index contributed by atoms with van der Waals surface area (Å²) in [6.45, 7) is 18.8. The molecular formula is C15H28O4Si4. The maximum absolute atomic E-state index is 6.58. The van der Waals surface area contributed by atoms with Gasteiger partial charge in [-0.05, 0) is 56.6 Å². The normalized spacial score (nSPS) is 25.2. The average molecular weight is 385 g/mol. The molecule has 1 saturated heterocycles. The van der Waals surface area contributed by atoms with Gasteiger partial charge >= 0.3 is 34.2 Å². The molecule has 0 saturated carbocycles. The molecule has 0 bridgehead atoms. The Kier molecular flexibility index (Phi) is 5.11. The summed E-state index contributed by atoms with van der Waals surface area (Å²) in [6.07, 6.45) is 0. The van der Waals surface area contributed by atoms with Crippen molar-refractivity contribution in [3.05, 3.63) is 42.5 Å². The van der Waals surface area contributed by atoms with Crippen molar-refractivity contribution in [2.75, 3.05) is 0 Å². The van der Waals surface area contributed by atoms with E-state index >= 15 is 0 Å². The summed E-state index contributed by atoms with van der Waals surface area (Å²) < 4.78 is 25.9. The third-order valence-electron chi connectivity index (χ3n) is 3.53. The van der Waals surface area contributed by atoms with E-state index in [-0.39, 0.29) is 0 Å². The van der Waals surface area contributed by atoms with Gasteiger partial charge in [0, 0.05) is 0 Å². The molecule has 1 aliphatic heterocycles. The molecule has 0 spiro atoms. The van der Waals surface area contributed by atoms with E-state index in [0.717, 1.165) is 10.8 Å². The van der Waals surface area contributed by atoms with Gasteiger partial charge in [-0.3, -0.25) is 0 Å². The number of benzene rings is 1. The van der Waals surface area contributed by atoms with Crippen LogP contribution in [0.2, 0.25) is 45.8 Å². The fourth-order valence-electron chi connectivity index (χ4n) is 3.23. The summed E-state index contributed by atoms with van der Waals surface area (Å²) in [6, 6.07) is 10.1. The highest BCUT2D eigenvalue weighted by Crippen LogP contribution is 2.36. The first-order chi connectivity index (χ1) is 10.3. The smallest absolute Gasteiger partial charge is 0.351 e. The lowest BCUT2D eigenvalue weighted by Gasteiger charge is -2.48. The number of rotatable bonds is 2. The van der Waals surface area contributed by atoms with E-state index in [1.54, 1.807) is 0 Å². The van der Waals surface area contributed by atoms with Gasteiger partial charge in [-0.2, -0.15) is 0 Å². The zero-order valence-electron chi connectivity index (χ0n) is 15.2. The molecular weight excluding hydrogens is 357 g/mol. The lowest BCUT2D eigenvalue weighted by molar-refractivity contribution is 0.243. The second kappa shape index (κ2) is 6.19.